The molecular weight excluding hydrogens is 504 g/mol. The minimum absolute atomic E-state index is 0.0837. The van der Waals surface area contributed by atoms with E-state index in [0.717, 1.165) is 5.56 Å². The van der Waals surface area contributed by atoms with Gasteiger partial charge in [-0.25, -0.2) is 0 Å². The molecule has 2 rings (SSSR count). The van der Waals surface area contributed by atoms with Gasteiger partial charge in [-0.1, -0.05) is 35.5 Å². The molecule has 206 valence electrons. The molecule has 0 saturated heterocycles. The molecule has 0 aliphatic rings. The number of methoxy groups -OCH3 is 3. The molecule has 0 bridgehead atoms. The van der Waals surface area contributed by atoms with Crippen molar-refractivity contribution in [1.82, 2.24) is 10.2 Å². The van der Waals surface area contributed by atoms with E-state index in [1.165, 1.54) is 7.11 Å². The zero-order chi connectivity index (χ0) is 29.3. The number of aliphatic hydroxyl groups is 1. The molecule has 40 heavy (non-hydrogen) atoms. The highest BCUT2D eigenvalue weighted by Gasteiger charge is 2.16. The molecular formula is C33H34N2O5. The zero-order valence-corrected chi connectivity index (χ0v) is 23.2. The number of terminal acetylenes is 4. The highest BCUT2D eigenvalue weighted by molar-refractivity contribution is 5.57. The molecule has 7 heteroatoms. The minimum Gasteiger partial charge on any atom is -0.493 e. The molecule has 0 spiro atoms. The fraction of sp³-hybridized carbons (Fsp3) is 0.333. The summed E-state index contributed by atoms with van der Waals surface area (Å²) >= 11 is 0. The van der Waals surface area contributed by atoms with E-state index in [0.29, 0.717) is 72.3 Å². The highest BCUT2D eigenvalue weighted by Crippen LogP contribution is 2.34. The van der Waals surface area contributed by atoms with E-state index in [-0.39, 0.29) is 13.2 Å². The summed E-state index contributed by atoms with van der Waals surface area (Å²) in [6.45, 7) is 2.21. The lowest BCUT2D eigenvalue weighted by atomic mass is 10.0. The predicted octanol–water partition coefficient (Wildman–Crippen LogP) is 2.49. The first-order valence-corrected chi connectivity index (χ1v) is 12.4. The molecule has 1 unspecified atom stereocenters. The van der Waals surface area contributed by atoms with Crippen LogP contribution in [0, 0.1) is 61.2 Å². The number of aliphatic hydroxyl groups excluding tert-OH is 1. The van der Waals surface area contributed by atoms with Crippen molar-refractivity contribution in [2.24, 2.45) is 0 Å². The molecule has 0 radical (unpaired) electrons. The quantitative estimate of drug-likeness (QED) is 0.283. The van der Waals surface area contributed by atoms with Crippen molar-refractivity contribution in [3.05, 3.63) is 46.5 Å². The normalized spacial score (nSPS) is 10.6. The van der Waals surface area contributed by atoms with Gasteiger partial charge in [0, 0.05) is 13.1 Å². The van der Waals surface area contributed by atoms with Gasteiger partial charge in [-0.05, 0) is 41.8 Å². The van der Waals surface area contributed by atoms with Crippen LogP contribution in [0.4, 0.5) is 0 Å². The van der Waals surface area contributed by atoms with Crippen molar-refractivity contribution in [2.75, 3.05) is 60.7 Å². The molecule has 7 nitrogen and oxygen atoms in total. The second-order valence-corrected chi connectivity index (χ2v) is 8.43. The Kier molecular flexibility index (Phi) is 13.4. The predicted molar refractivity (Wildman–Crippen MR) is 157 cm³/mol. The molecule has 2 N–H and O–H groups in total. The van der Waals surface area contributed by atoms with E-state index in [9.17, 15) is 5.11 Å². The minimum atomic E-state index is -0.834. The first-order chi connectivity index (χ1) is 19.5. The van der Waals surface area contributed by atoms with Gasteiger partial charge in [0.2, 0.25) is 0 Å². The van der Waals surface area contributed by atoms with Crippen LogP contribution in [0.25, 0.3) is 0 Å². The van der Waals surface area contributed by atoms with Crippen molar-refractivity contribution < 1.29 is 24.1 Å². The van der Waals surface area contributed by atoms with Gasteiger partial charge in [0.05, 0.1) is 58.2 Å². The fourth-order valence-electron chi connectivity index (χ4n) is 3.88. The van der Waals surface area contributed by atoms with Crippen molar-refractivity contribution >= 4 is 0 Å². The average Bonchev–Trinajstić information content (AvgIpc) is 2.98. The van der Waals surface area contributed by atoms with Gasteiger partial charge >= 0.3 is 0 Å². The van der Waals surface area contributed by atoms with Crippen LogP contribution in [-0.4, -0.2) is 70.7 Å². The summed E-state index contributed by atoms with van der Waals surface area (Å²) < 4.78 is 22.1. The van der Waals surface area contributed by atoms with Crippen molar-refractivity contribution in [3.8, 4) is 84.2 Å². The van der Waals surface area contributed by atoms with Crippen LogP contribution in [0.3, 0.4) is 0 Å². The molecule has 0 saturated carbocycles. The Balaban J connectivity index is 2.07. The van der Waals surface area contributed by atoms with Crippen molar-refractivity contribution in [3.63, 3.8) is 0 Å². The van der Waals surface area contributed by atoms with Gasteiger partial charge in [0.25, 0.3) is 0 Å². The Labute approximate surface area is 238 Å². The SMILES string of the molecule is C#CCNCC(O)c1cc(C#C)c(OC)c(OCC#CCN(CC#C)CCc2cc(C#C)c(OC)c(OC)c2)c1. The summed E-state index contributed by atoms with van der Waals surface area (Å²) in [6.07, 6.45) is 22.0. The fourth-order valence-corrected chi connectivity index (χ4v) is 3.88. The van der Waals surface area contributed by atoms with Gasteiger partial charge in [-0.3, -0.25) is 4.90 Å². The van der Waals surface area contributed by atoms with E-state index >= 15 is 0 Å². The Morgan fingerprint density at radius 1 is 0.850 bits per heavy atom. The number of nitrogens with zero attached hydrogens (tertiary/aromatic N) is 1. The lowest BCUT2D eigenvalue weighted by molar-refractivity contribution is 0.176. The maximum atomic E-state index is 10.5. The second kappa shape index (κ2) is 17.0. The number of rotatable bonds is 14. The van der Waals surface area contributed by atoms with Crippen LogP contribution in [0.2, 0.25) is 0 Å². The molecule has 0 fully saturated rings. The van der Waals surface area contributed by atoms with E-state index < -0.39 is 6.10 Å². The van der Waals surface area contributed by atoms with Crippen LogP contribution in [-0.2, 0) is 6.42 Å². The third-order valence-corrected chi connectivity index (χ3v) is 5.84. The Morgan fingerprint density at radius 3 is 2.17 bits per heavy atom. The molecule has 0 amide bonds. The molecule has 2 aromatic rings. The third-order valence-electron chi connectivity index (χ3n) is 5.84. The number of ether oxygens (including phenoxy) is 4. The Bertz CT molecular complexity index is 1380. The maximum Gasteiger partial charge on any atom is 0.176 e. The zero-order valence-electron chi connectivity index (χ0n) is 23.2. The van der Waals surface area contributed by atoms with Gasteiger partial charge in [0.1, 0.15) is 6.61 Å². The smallest absolute Gasteiger partial charge is 0.176 e. The highest BCUT2D eigenvalue weighted by atomic mass is 16.5. The van der Waals surface area contributed by atoms with E-state index in [4.69, 9.17) is 44.6 Å². The van der Waals surface area contributed by atoms with Crippen LogP contribution >= 0.6 is 0 Å². The molecule has 0 aliphatic heterocycles. The summed E-state index contributed by atoms with van der Waals surface area (Å²) in [5.41, 5.74) is 2.66. The molecule has 0 aromatic heterocycles. The molecule has 1 atom stereocenters. The van der Waals surface area contributed by atoms with E-state index in [1.54, 1.807) is 26.4 Å². The van der Waals surface area contributed by atoms with Crippen LogP contribution < -0.4 is 24.3 Å². The monoisotopic (exact) mass is 538 g/mol. The molecule has 0 heterocycles. The lowest BCUT2D eigenvalue weighted by Crippen LogP contribution is -2.27. The summed E-state index contributed by atoms with van der Waals surface area (Å²) in [4.78, 5) is 2.04. The summed E-state index contributed by atoms with van der Waals surface area (Å²) in [6, 6.07) is 7.17. The van der Waals surface area contributed by atoms with Gasteiger partial charge < -0.3 is 29.4 Å². The Morgan fingerprint density at radius 2 is 1.55 bits per heavy atom. The third kappa shape index (κ3) is 8.96. The summed E-state index contributed by atoms with van der Waals surface area (Å²) in [5, 5.41) is 13.5. The van der Waals surface area contributed by atoms with Gasteiger partial charge in [0.15, 0.2) is 23.0 Å². The maximum absolute atomic E-state index is 10.5. The van der Waals surface area contributed by atoms with Crippen LogP contribution in [0.5, 0.6) is 23.0 Å². The van der Waals surface area contributed by atoms with Gasteiger partial charge in [-0.15, -0.1) is 25.7 Å². The number of hydrogen-bond donors (Lipinski definition) is 2. The van der Waals surface area contributed by atoms with Crippen LogP contribution in [0.15, 0.2) is 24.3 Å². The first kappa shape index (κ1) is 31.5. The lowest BCUT2D eigenvalue weighted by Gasteiger charge is -2.18. The number of hydrogen-bond acceptors (Lipinski definition) is 7. The first-order valence-electron chi connectivity index (χ1n) is 12.4. The van der Waals surface area contributed by atoms with E-state index in [2.05, 4.69) is 40.8 Å². The number of nitrogens with one attached hydrogen (secondary N) is 1. The largest absolute Gasteiger partial charge is 0.493 e. The summed E-state index contributed by atoms with van der Waals surface area (Å²) in [7, 11) is 4.63. The summed E-state index contributed by atoms with van der Waals surface area (Å²) in [5.74, 6) is 18.3. The molecule has 2 aromatic carbocycles. The van der Waals surface area contributed by atoms with Crippen molar-refractivity contribution in [1.29, 1.82) is 0 Å². The van der Waals surface area contributed by atoms with E-state index in [1.807, 2.05) is 17.0 Å². The van der Waals surface area contributed by atoms with Crippen LogP contribution in [0.1, 0.15) is 28.4 Å². The average molecular weight is 539 g/mol. The van der Waals surface area contributed by atoms with Gasteiger partial charge in [-0.2, -0.15) is 0 Å². The standard InChI is InChI=1S/C33H34N2O5/c1-8-15-34-24-29(36)28-22-27(11-4)33(39-7)31(23-28)40-19-13-12-17-35(16-9-2)18-14-25-20-26(10-3)32(38-6)30(21-25)37-5/h1-4,20-23,29,34,36H,14-19,24H2,5-7H3. The second-order valence-electron chi connectivity index (χ2n) is 8.43. The molecule has 0 aliphatic carbocycles. The van der Waals surface area contributed by atoms with Crippen molar-refractivity contribution in [2.45, 2.75) is 12.5 Å². The Hall–Kier alpha value is -4.68. The number of benzene rings is 2. The topological polar surface area (TPSA) is 72.4 Å².